The highest BCUT2D eigenvalue weighted by Gasteiger charge is 2.20. The van der Waals surface area contributed by atoms with E-state index in [4.69, 9.17) is 4.98 Å². The van der Waals surface area contributed by atoms with Gasteiger partial charge in [0, 0.05) is 30.2 Å². The third kappa shape index (κ3) is 2.77. The number of rotatable bonds is 2. The highest BCUT2D eigenvalue weighted by Crippen LogP contribution is 2.35. The largest absolute Gasteiger partial charge is 0.504 e. The number of hydrogen-bond acceptors (Lipinski definition) is 6. The Morgan fingerprint density at radius 1 is 1.18 bits per heavy atom. The Morgan fingerprint density at radius 3 is 2.82 bits per heavy atom. The highest BCUT2D eigenvalue weighted by molar-refractivity contribution is 5.88. The minimum Gasteiger partial charge on any atom is -0.504 e. The molecule has 1 aliphatic heterocycles. The molecular weight excluding hydrogens is 359 g/mol. The number of phenolic OH excluding ortho intramolecular Hbond substituents is 1. The standard InChI is InChI=1S/C20H19FN6O/c1-27-10-12-8-13(19(28)17(21)18(12)26-27)20-23-9-16-15(25-20)3-2-14(24-16)11-4-6-22-7-5-11/h2-3,8-11,22,28H,4-7H2,1H3. The van der Waals surface area contributed by atoms with Crippen LogP contribution in [0.5, 0.6) is 5.75 Å². The molecule has 0 amide bonds. The molecule has 0 aliphatic carbocycles. The summed E-state index contributed by atoms with van der Waals surface area (Å²) in [6.07, 6.45) is 5.45. The van der Waals surface area contributed by atoms with Crippen LogP contribution in [0.15, 0.2) is 30.6 Å². The second-order valence-electron chi connectivity index (χ2n) is 7.19. The third-order valence-corrected chi connectivity index (χ3v) is 5.29. The van der Waals surface area contributed by atoms with E-state index in [1.54, 1.807) is 25.5 Å². The quantitative estimate of drug-likeness (QED) is 0.558. The van der Waals surface area contributed by atoms with E-state index in [2.05, 4.69) is 20.4 Å². The monoisotopic (exact) mass is 378 g/mol. The fourth-order valence-corrected chi connectivity index (χ4v) is 3.82. The topological polar surface area (TPSA) is 88.8 Å². The second kappa shape index (κ2) is 6.49. The number of halogens is 1. The number of phenols is 1. The van der Waals surface area contributed by atoms with Gasteiger partial charge in [0.1, 0.15) is 11.0 Å². The van der Waals surface area contributed by atoms with Crippen molar-refractivity contribution in [3.8, 4) is 17.1 Å². The molecule has 28 heavy (non-hydrogen) atoms. The number of pyridine rings is 1. The van der Waals surface area contributed by atoms with Gasteiger partial charge in [-0.25, -0.2) is 19.3 Å². The number of aromatic hydroxyl groups is 1. The number of aromatic nitrogens is 5. The van der Waals surface area contributed by atoms with Crippen LogP contribution in [0.2, 0.25) is 0 Å². The fraction of sp³-hybridized carbons (Fsp3) is 0.300. The molecule has 0 radical (unpaired) electrons. The molecule has 8 heteroatoms. The van der Waals surface area contributed by atoms with E-state index >= 15 is 0 Å². The molecule has 142 valence electrons. The van der Waals surface area contributed by atoms with E-state index in [0.717, 1.165) is 31.6 Å². The number of nitrogens with zero attached hydrogens (tertiary/aromatic N) is 5. The number of nitrogens with one attached hydrogen (secondary N) is 1. The first-order chi connectivity index (χ1) is 13.6. The first-order valence-electron chi connectivity index (χ1n) is 9.30. The third-order valence-electron chi connectivity index (χ3n) is 5.29. The summed E-state index contributed by atoms with van der Waals surface area (Å²) in [6.45, 7) is 2.00. The molecule has 0 saturated carbocycles. The van der Waals surface area contributed by atoms with Crippen LogP contribution in [0.3, 0.4) is 0 Å². The Kier molecular flexibility index (Phi) is 3.94. The van der Waals surface area contributed by atoms with Crippen molar-refractivity contribution < 1.29 is 9.50 Å². The second-order valence-corrected chi connectivity index (χ2v) is 7.19. The van der Waals surface area contributed by atoms with Crippen LogP contribution in [0.25, 0.3) is 33.3 Å². The zero-order valence-electron chi connectivity index (χ0n) is 15.4. The summed E-state index contributed by atoms with van der Waals surface area (Å²) in [5.74, 6) is -0.566. The Labute approximate surface area is 160 Å². The lowest BCUT2D eigenvalue weighted by atomic mass is 9.94. The Bertz CT molecular complexity index is 1200. The summed E-state index contributed by atoms with van der Waals surface area (Å²) in [7, 11) is 1.70. The van der Waals surface area contributed by atoms with Gasteiger partial charge >= 0.3 is 0 Å². The zero-order valence-corrected chi connectivity index (χ0v) is 15.4. The molecule has 1 fully saturated rings. The summed E-state index contributed by atoms with van der Waals surface area (Å²) < 4.78 is 16.0. The molecule has 3 aromatic heterocycles. The van der Waals surface area contributed by atoms with Crippen molar-refractivity contribution in [2.75, 3.05) is 13.1 Å². The minimum atomic E-state index is -0.767. The summed E-state index contributed by atoms with van der Waals surface area (Å²) >= 11 is 0. The smallest absolute Gasteiger partial charge is 0.193 e. The molecule has 4 heterocycles. The van der Waals surface area contributed by atoms with E-state index in [9.17, 15) is 9.50 Å². The van der Waals surface area contributed by atoms with Crippen molar-refractivity contribution >= 4 is 21.9 Å². The molecule has 7 nitrogen and oxygen atoms in total. The van der Waals surface area contributed by atoms with Crippen LogP contribution in [0.1, 0.15) is 24.5 Å². The van der Waals surface area contributed by atoms with E-state index < -0.39 is 11.6 Å². The molecule has 0 atom stereocenters. The van der Waals surface area contributed by atoms with Crippen molar-refractivity contribution in [3.63, 3.8) is 0 Å². The molecule has 0 bridgehead atoms. The van der Waals surface area contributed by atoms with Gasteiger partial charge < -0.3 is 10.4 Å². The van der Waals surface area contributed by atoms with Crippen LogP contribution in [0.4, 0.5) is 4.39 Å². The van der Waals surface area contributed by atoms with Gasteiger partial charge in [-0.1, -0.05) is 0 Å². The maximum absolute atomic E-state index is 14.5. The van der Waals surface area contributed by atoms with Gasteiger partial charge in [0.15, 0.2) is 17.4 Å². The van der Waals surface area contributed by atoms with E-state index in [1.165, 1.54) is 4.68 Å². The molecule has 1 saturated heterocycles. The van der Waals surface area contributed by atoms with E-state index in [0.29, 0.717) is 22.3 Å². The normalized spacial score (nSPS) is 15.5. The van der Waals surface area contributed by atoms with Gasteiger partial charge in [-0.15, -0.1) is 0 Å². The average molecular weight is 378 g/mol. The Morgan fingerprint density at radius 2 is 2.00 bits per heavy atom. The van der Waals surface area contributed by atoms with Crippen molar-refractivity contribution in [1.29, 1.82) is 0 Å². The number of benzene rings is 1. The van der Waals surface area contributed by atoms with Gasteiger partial charge in [0.25, 0.3) is 0 Å². The van der Waals surface area contributed by atoms with Crippen LogP contribution in [0, 0.1) is 5.82 Å². The van der Waals surface area contributed by atoms with Crippen molar-refractivity contribution in [2.45, 2.75) is 18.8 Å². The molecule has 2 N–H and O–H groups in total. The van der Waals surface area contributed by atoms with Crippen molar-refractivity contribution in [2.24, 2.45) is 7.05 Å². The van der Waals surface area contributed by atoms with Crippen LogP contribution >= 0.6 is 0 Å². The maximum Gasteiger partial charge on any atom is 0.193 e. The number of fused-ring (bicyclic) bond motifs is 2. The predicted octanol–water partition coefficient (Wildman–Crippen LogP) is 2.89. The summed E-state index contributed by atoms with van der Waals surface area (Å²) in [5, 5.41) is 18.3. The van der Waals surface area contributed by atoms with Gasteiger partial charge in [-0.2, -0.15) is 5.10 Å². The first-order valence-corrected chi connectivity index (χ1v) is 9.30. The van der Waals surface area contributed by atoms with Gasteiger partial charge in [-0.3, -0.25) is 4.68 Å². The Hall–Kier alpha value is -3.13. The SMILES string of the molecule is Cn1cc2cc(-c3ncc4nc(C5CCNCC5)ccc4n3)c(O)c(F)c2n1. The van der Waals surface area contributed by atoms with Crippen molar-refractivity contribution in [3.05, 3.63) is 42.1 Å². The molecular formula is C20H19FN6O. The summed E-state index contributed by atoms with van der Waals surface area (Å²) in [4.78, 5) is 13.6. The Balaban J connectivity index is 1.58. The lowest BCUT2D eigenvalue weighted by molar-refractivity contribution is 0.437. The first kappa shape index (κ1) is 17.0. The van der Waals surface area contributed by atoms with Crippen LogP contribution < -0.4 is 5.32 Å². The van der Waals surface area contributed by atoms with Gasteiger partial charge in [-0.05, 0) is 44.1 Å². The maximum atomic E-state index is 14.5. The van der Waals surface area contributed by atoms with Gasteiger partial charge in [0.05, 0.1) is 17.3 Å². The minimum absolute atomic E-state index is 0.123. The van der Waals surface area contributed by atoms with Gasteiger partial charge in [0.2, 0.25) is 0 Å². The number of piperidine rings is 1. The molecule has 1 aliphatic rings. The zero-order chi connectivity index (χ0) is 19.3. The summed E-state index contributed by atoms with van der Waals surface area (Å²) in [5.41, 5.74) is 2.77. The molecule has 0 spiro atoms. The highest BCUT2D eigenvalue weighted by atomic mass is 19.1. The number of hydrogen-bond donors (Lipinski definition) is 2. The van der Waals surface area contributed by atoms with E-state index in [-0.39, 0.29) is 16.9 Å². The summed E-state index contributed by atoms with van der Waals surface area (Å²) in [6, 6.07) is 5.57. The molecule has 4 aromatic rings. The predicted molar refractivity (Wildman–Crippen MR) is 104 cm³/mol. The van der Waals surface area contributed by atoms with Crippen LogP contribution in [-0.2, 0) is 7.05 Å². The molecule has 0 unspecified atom stereocenters. The van der Waals surface area contributed by atoms with Crippen molar-refractivity contribution in [1.82, 2.24) is 30.0 Å². The fourth-order valence-electron chi connectivity index (χ4n) is 3.82. The lowest BCUT2D eigenvalue weighted by Crippen LogP contribution is -2.27. The lowest BCUT2D eigenvalue weighted by Gasteiger charge is -2.22. The molecule has 1 aromatic carbocycles. The molecule has 5 rings (SSSR count). The van der Waals surface area contributed by atoms with E-state index in [1.807, 2.05) is 12.1 Å². The average Bonchev–Trinajstić information content (AvgIpc) is 3.11. The number of aryl methyl sites for hydroxylation is 1. The van der Waals surface area contributed by atoms with Crippen LogP contribution in [-0.4, -0.2) is 42.9 Å².